The van der Waals surface area contributed by atoms with Gasteiger partial charge in [0.25, 0.3) is 0 Å². The van der Waals surface area contributed by atoms with Gasteiger partial charge in [-0.3, -0.25) is 4.79 Å². The van der Waals surface area contributed by atoms with Gasteiger partial charge in [0.1, 0.15) is 6.10 Å². The standard InChI is InChI=1S/C25H31NO5/c1-4-5-11-30-24-20-13-22(31-16-18-9-7-6-8-10-18)21(27)12-19(20)15-26(14-17(2)3)23(24)25(28)29/h6-10,13,15,17,22H,4-5,11-12,14,16H2,1-3H3,(H,28,29). The lowest BCUT2D eigenvalue weighted by Gasteiger charge is -2.34. The second kappa shape index (κ2) is 10.4. The number of aliphatic carboxylic acids is 1. The number of allylic oxidation sites excluding steroid dienone is 1. The monoisotopic (exact) mass is 425 g/mol. The Morgan fingerprint density at radius 2 is 2.00 bits per heavy atom. The van der Waals surface area contributed by atoms with E-state index in [2.05, 4.69) is 6.92 Å². The Bertz CT molecular complexity index is 898. The Balaban J connectivity index is 1.94. The average Bonchev–Trinajstić information content (AvgIpc) is 2.72. The molecule has 0 spiro atoms. The van der Waals surface area contributed by atoms with Gasteiger partial charge in [0.15, 0.2) is 17.2 Å². The van der Waals surface area contributed by atoms with Gasteiger partial charge in [-0.15, -0.1) is 0 Å². The molecule has 1 unspecified atom stereocenters. The molecule has 0 radical (unpaired) electrons. The number of carboxylic acids is 1. The third-order valence-electron chi connectivity index (χ3n) is 5.19. The number of fused-ring (bicyclic) bond motifs is 1. The van der Waals surface area contributed by atoms with E-state index >= 15 is 0 Å². The summed E-state index contributed by atoms with van der Waals surface area (Å²) in [6, 6.07) is 9.66. The Hall–Kier alpha value is -2.86. The number of carbonyl (C=O) groups excluding carboxylic acids is 1. The minimum atomic E-state index is -1.04. The van der Waals surface area contributed by atoms with Gasteiger partial charge in [0.05, 0.1) is 13.2 Å². The molecule has 3 rings (SSSR count). The summed E-state index contributed by atoms with van der Waals surface area (Å²) >= 11 is 0. The van der Waals surface area contributed by atoms with Gasteiger partial charge in [-0.25, -0.2) is 4.79 Å². The SMILES string of the molecule is CCCCOC1=C(C(=O)O)N(CC(C)C)C=C2CC(=O)C(OCc3ccccc3)C=C21. The van der Waals surface area contributed by atoms with Crippen LogP contribution < -0.4 is 0 Å². The second-order valence-corrected chi connectivity index (χ2v) is 8.33. The van der Waals surface area contributed by atoms with E-state index in [0.29, 0.717) is 31.1 Å². The van der Waals surface area contributed by atoms with Crippen molar-refractivity contribution >= 4 is 11.8 Å². The van der Waals surface area contributed by atoms with Crippen LogP contribution in [0.4, 0.5) is 0 Å². The van der Waals surface area contributed by atoms with Gasteiger partial charge < -0.3 is 19.5 Å². The molecule has 0 bridgehead atoms. The Labute approximate surface area is 183 Å². The van der Waals surface area contributed by atoms with Crippen molar-refractivity contribution in [1.82, 2.24) is 4.90 Å². The van der Waals surface area contributed by atoms with Crippen molar-refractivity contribution in [2.24, 2.45) is 5.92 Å². The number of ether oxygens (including phenoxy) is 2. The zero-order valence-corrected chi connectivity index (χ0v) is 18.5. The number of carbonyl (C=O) groups is 2. The van der Waals surface area contributed by atoms with Gasteiger partial charge in [0, 0.05) is 24.7 Å². The quantitative estimate of drug-likeness (QED) is 0.559. The molecule has 0 fully saturated rings. The summed E-state index contributed by atoms with van der Waals surface area (Å²) in [4.78, 5) is 26.7. The minimum absolute atomic E-state index is 0.0397. The molecule has 0 saturated heterocycles. The van der Waals surface area contributed by atoms with Crippen molar-refractivity contribution in [1.29, 1.82) is 0 Å². The lowest BCUT2D eigenvalue weighted by atomic mass is 9.87. The summed E-state index contributed by atoms with van der Waals surface area (Å²) in [5.41, 5.74) is 2.53. The Morgan fingerprint density at radius 1 is 1.26 bits per heavy atom. The molecule has 1 heterocycles. The van der Waals surface area contributed by atoms with Gasteiger partial charge in [0.2, 0.25) is 0 Å². The van der Waals surface area contributed by atoms with E-state index in [1.165, 1.54) is 0 Å². The summed E-state index contributed by atoms with van der Waals surface area (Å²) < 4.78 is 11.9. The highest BCUT2D eigenvalue weighted by molar-refractivity contribution is 5.94. The van der Waals surface area contributed by atoms with E-state index in [-0.39, 0.29) is 23.8 Å². The van der Waals surface area contributed by atoms with E-state index in [0.717, 1.165) is 24.0 Å². The largest absolute Gasteiger partial charge is 0.490 e. The highest BCUT2D eigenvalue weighted by Gasteiger charge is 2.36. The lowest BCUT2D eigenvalue weighted by molar-refractivity contribution is -0.134. The number of ketones is 1. The number of nitrogens with zero attached hydrogens (tertiary/aromatic N) is 1. The number of rotatable bonds is 10. The fraction of sp³-hybridized carbons (Fsp3) is 0.440. The summed E-state index contributed by atoms with van der Waals surface area (Å²) in [5.74, 6) is -0.501. The molecule has 0 amide bonds. The molecule has 1 aliphatic carbocycles. The highest BCUT2D eigenvalue weighted by atomic mass is 16.5. The number of unbranched alkanes of at least 4 members (excludes halogenated alkanes) is 1. The predicted molar refractivity (Wildman–Crippen MR) is 118 cm³/mol. The number of hydrogen-bond donors (Lipinski definition) is 1. The van der Waals surface area contributed by atoms with E-state index in [1.54, 1.807) is 17.2 Å². The fourth-order valence-corrected chi connectivity index (χ4v) is 3.71. The number of hydrogen-bond acceptors (Lipinski definition) is 5. The number of benzene rings is 1. The number of Topliss-reactive ketones (excluding diaryl/α,β-unsaturated/α-hetero) is 1. The van der Waals surface area contributed by atoms with Crippen LogP contribution in [0.15, 0.2) is 65.2 Å². The molecule has 6 heteroatoms. The molecule has 6 nitrogen and oxygen atoms in total. The van der Waals surface area contributed by atoms with Gasteiger partial charge in [-0.2, -0.15) is 0 Å². The lowest BCUT2D eigenvalue weighted by Crippen LogP contribution is -2.35. The first-order valence-corrected chi connectivity index (χ1v) is 10.9. The normalized spacial score (nSPS) is 18.6. The second-order valence-electron chi connectivity index (χ2n) is 8.33. The first-order chi connectivity index (χ1) is 14.9. The molecule has 31 heavy (non-hydrogen) atoms. The van der Waals surface area contributed by atoms with Crippen LogP contribution >= 0.6 is 0 Å². The van der Waals surface area contributed by atoms with Gasteiger partial charge >= 0.3 is 5.97 Å². The molecule has 2 aliphatic rings. The molecular formula is C25H31NO5. The maximum absolute atomic E-state index is 12.8. The molecule has 1 atom stereocenters. The molecular weight excluding hydrogens is 394 g/mol. The van der Waals surface area contributed by atoms with Crippen LogP contribution in [0.5, 0.6) is 0 Å². The first kappa shape index (κ1) is 22.8. The van der Waals surface area contributed by atoms with Gasteiger partial charge in [-0.1, -0.05) is 57.5 Å². The molecule has 1 aliphatic heterocycles. The van der Waals surface area contributed by atoms with Crippen LogP contribution in [0.2, 0.25) is 0 Å². The third kappa shape index (κ3) is 5.64. The van der Waals surface area contributed by atoms with Crippen LogP contribution in [0.1, 0.15) is 45.6 Å². The van der Waals surface area contributed by atoms with Crippen molar-refractivity contribution in [3.05, 3.63) is 70.8 Å². The summed E-state index contributed by atoms with van der Waals surface area (Å²) in [6.45, 7) is 7.37. The van der Waals surface area contributed by atoms with Crippen LogP contribution in [0.25, 0.3) is 0 Å². The summed E-state index contributed by atoms with van der Waals surface area (Å²) in [7, 11) is 0. The van der Waals surface area contributed by atoms with Crippen molar-refractivity contribution in [2.75, 3.05) is 13.2 Å². The molecule has 1 aromatic rings. The van der Waals surface area contributed by atoms with Crippen molar-refractivity contribution in [3.63, 3.8) is 0 Å². The van der Waals surface area contributed by atoms with Crippen molar-refractivity contribution in [2.45, 2.75) is 52.7 Å². The topological polar surface area (TPSA) is 76.1 Å². The zero-order chi connectivity index (χ0) is 22.4. The van der Waals surface area contributed by atoms with Crippen LogP contribution in [0, 0.1) is 5.92 Å². The number of carboxylic acid groups (broad SMARTS) is 1. The summed E-state index contributed by atoms with van der Waals surface area (Å²) in [5, 5.41) is 9.97. The van der Waals surface area contributed by atoms with E-state index in [1.807, 2.05) is 44.2 Å². The third-order valence-corrected chi connectivity index (χ3v) is 5.19. The molecule has 166 valence electrons. The van der Waals surface area contributed by atoms with Gasteiger partial charge in [-0.05, 0) is 29.6 Å². The predicted octanol–water partition coefficient (Wildman–Crippen LogP) is 4.44. The van der Waals surface area contributed by atoms with Crippen LogP contribution in [-0.4, -0.2) is 41.0 Å². The Morgan fingerprint density at radius 3 is 2.65 bits per heavy atom. The Kier molecular flexibility index (Phi) is 7.69. The first-order valence-electron chi connectivity index (χ1n) is 10.9. The smallest absolute Gasteiger partial charge is 0.356 e. The van der Waals surface area contributed by atoms with E-state index < -0.39 is 12.1 Å². The molecule has 0 aromatic heterocycles. The summed E-state index contributed by atoms with van der Waals surface area (Å²) in [6.07, 6.45) is 4.72. The minimum Gasteiger partial charge on any atom is -0.490 e. The molecule has 1 aromatic carbocycles. The van der Waals surface area contributed by atoms with Crippen molar-refractivity contribution < 1.29 is 24.2 Å². The average molecular weight is 426 g/mol. The molecule has 0 saturated carbocycles. The van der Waals surface area contributed by atoms with Crippen LogP contribution in [0.3, 0.4) is 0 Å². The fourth-order valence-electron chi connectivity index (χ4n) is 3.71. The maximum atomic E-state index is 12.8. The maximum Gasteiger partial charge on any atom is 0.356 e. The highest BCUT2D eigenvalue weighted by Crippen LogP contribution is 2.37. The molecule has 1 N–H and O–H groups in total. The van der Waals surface area contributed by atoms with Crippen molar-refractivity contribution in [3.8, 4) is 0 Å². The zero-order valence-electron chi connectivity index (χ0n) is 18.5. The van der Waals surface area contributed by atoms with Crippen LogP contribution in [-0.2, 0) is 25.7 Å². The van der Waals surface area contributed by atoms with E-state index in [9.17, 15) is 14.7 Å². The van der Waals surface area contributed by atoms with E-state index in [4.69, 9.17) is 9.47 Å².